The number of piperidine rings is 1. The van der Waals surface area contributed by atoms with Gasteiger partial charge in [-0.2, -0.15) is 4.31 Å². The maximum Gasteiger partial charge on any atom is 0.309 e. The molecule has 1 fully saturated rings. The van der Waals surface area contributed by atoms with Crippen LogP contribution in [0.4, 0.5) is 4.39 Å². The zero-order valence-corrected chi connectivity index (χ0v) is 18.3. The molecule has 0 spiro atoms. The van der Waals surface area contributed by atoms with E-state index in [0.717, 1.165) is 6.07 Å². The number of carbonyl (C=O) groups is 2. The van der Waals surface area contributed by atoms with Crippen LogP contribution < -0.4 is 4.74 Å². The highest BCUT2D eigenvalue weighted by atomic mass is 35.5. The number of benzene rings is 2. The highest BCUT2D eigenvalue weighted by Crippen LogP contribution is 2.25. The molecule has 0 atom stereocenters. The predicted octanol–water partition coefficient (Wildman–Crippen LogP) is 3.31. The fourth-order valence-electron chi connectivity index (χ4n) is 3.27. The van der Waals surface area contributed by atoms with Crippen LogP contribution in [0.15, 0.2) is 47.4 Å². The molecule has 10 heteroatoms. The van der Waals surface area contributed by atoms with Gasteiger partial charge in [-0.3, -0.25) is 9.59 Å². The van der Waals surface area contributed by atoms with Gasteiger partial charge in [-0.25, -0.2) is 12.8 Å². The van der Waals surface area contributed by atoms with Crippen LogP contribution >= 0.6 is 11.6 Å². The summed E-state index contributed by atoms with van der Waals surface area (Å²) >= 11 is 5.81. The number of esters is 1. The lowest BCUT2D eigenvalue weighted by Gasteiger charge is -2.30. The van der Waals surface area contributed by atoms with E-state index in [1.165, 1.54) is 47.8 Å². The first-order chi connectivity index (χ1) is 14.7. The summed E-state index contributed by atoms with van der Waals surface area (Å²) < 4.78 is 50.3. The first-order valence-corrected chi connectivity index (χ1v) is 11.3. The minimum atomic E-state index is -3.68. The lowest BCUT2D eigenvalue weighted by atomic mass is 9.98. The maximum atomic E-state index is 13.7. The molecule has 1 aliphatic rings. The van der Waals surface area contributed by atoms with Gasteiger partial charge in [-0.1, -0.05) is 11.6 Å². The van der Waals surface area contributed by atoms with Crippen molar-refractivity contribution in [3.05, 3.63) is 58.9 Å². The van der Waals surface area contributed by atoms with E-state index in [0.29, 0.717) is 5.02 Å². The van der Waals surface area contributed by atoms with Crippen LogP contribution in [0.2, 0.25) is 5.02 Å². The summed E-state index contributed by atoms with van der Waals surface area (Å²) in [6, 6.07) is 9.61. The Morgan fingerprint density at radius 2 is 1.77 bits per heavy atom. The number of ether oxygens (including phenoxy) is 2. The topological polar surface area (TPSA) is 90.0 Å². The molecule has 1 aliphatic heterocycles. The molecule has 0 bridgehead atoms. The summed E-state index contributed by atoms with van der Waals surface area (Å²) in [7, 11) is -2.36. The quantitative estimate of drug-likeness (QED) is 0.456. The van der Waals surface area contributed by atoms with Crippen LogP contribution in [-0.4, -0.2) is 51.3 Å². The van der Waals surface area contributed by atoms with E-state index >= 15 is 0 Å². The second-order valence-corrected chi connectivity index (χ2v) is 9.39. The molecule has 166 valence electrons. The van der Waals surface area contributed by atoms with E-state index < -0.39 is 40.1 Å². The summed E-state index contributed by atoms with van der Waals surface area (Å²) in [4.78, 5) is 24.6. The van der Waals surface area contributed by atoms with E-state index in [-0.39, 0.29) is 42.1 Å². The van der Waals surface area contributed by atoms with Crippen LogP contribution in [0, 0.1) is 11.7 Å². The van der Waals surface area contributed by atoms with Crippen LogP contribution in [0.1, 0.15) is 23.2 Å². The van der Waals surface area contributed by atoms with Crippen molar-refractivity contribution in [3.8, 4) is 5.75 Å². The third-order valence-electron chi connectivity index (χ3n) is 5.06. The van der Waals surface area contributed by atoms with Crippen LogP contribution in [0.3, 0.4) is 0 Å². The van der Waals surface area contributed by atoms with Gasteiger partial charge in [-0.15, -0.1) is 0 Å². The van der Waals surface area contributed by atoms with Crippen molar-refractivity contribution in [2.45, 2.75) is 17.7 Å². The Hall–Kier alpha value is -2.49. The Labute approximate surface area is 184 Å². The van der Waals surface area contributed by atoms with E-state index in [1.807, 2.05) is 0 Å². The summed E-state index contributed by atoms with van der Waals surface area (Å²) in [6.07, 6.45) is 0.550. The third kappa shape index (κ3) is 5.41. The van der Waals surface area contributed by atoms with Crippen molar-refractivity contribution >= 4 is 33.4 Å². The van der Waals surface area contributed by atoms with E-state index in [2.05, 4.69) is 0 Å². The fraction of sp³-hybridized carbons (Fsp3) is 0.333. The highest BCUT2D eigenvalue weighted by molar-refractivity contribution is 7.89. The van der Waals surface area contributed by atoms with Gasteiger partial charge >= 0.3 is 5.97 Å². The number of halogens is 2. The molecule has 2 aromatic rings. The molecule has 0 aliphatic carbocycles. The average Bonchev–Trinajstić information content (AvgIpc) is 2.77. The van der Waals surface area contributed by atoms with E-state index in [1.54, 1.807) is 0 Å². The van der Waals surface area contributed by atoms with Crippen molar-refractivity contribution in [2.75, 3.05) is 26.8 Å². The van der Waals surface area contributed by atoms with Crippen molar-refractivity contribution in [2.24, 2.45) is 5.92 Å². The zero-order valence-electron chi connectivity index (χ0n) is 16.7. The SMILES string of the molecule is COc1ccc(C(=O)COC(=O)C2CCN(S(=O)(=O)c3ccc(Cl)cc3)CC2)cc1F. The number of nitrogens with zero attached hydrogens (tertiary/aromatic N) is 1. The number of hydrogen-bond donors (Lipinski definition) is 0. The summed E-state index contributed by atoms with van der Waals surface area (Å²) in [5, 5.41) is 0.437. The lowest BCUT2D eigenvalue weighted by molar-refractivity contribution is -0.148. The van der Waals surface area contributed by atoms with Crippen LogP contribution in [0.25, 0.3) is 0 Å². The zero-order chi connectivity index (χ0) is 22.6. The van der Waals surface area contributed by atoms with Gasteiger partial charge in [0.15, 0.2) is 24.0 Å². The standard InChI is InChI=1S/C21H21ClFNO6S/c1-29-20-7-2-15(12-18(20)23)19(25)13-30-21(26)14-8-10-24(11-9-14)31(27,28)17-5-3-16(22)4-6-17/h2-7,12,14H,8-11,13H2,1H3. The fourth-order valence-corrected chi connectivity index (χ4v) is 4.86. The Morgan fingerprint density at radius 3 is 2.35 bits per heavy atom. The Kier molecular flexibility index (Phi) is 7.30. The largest absolute Gasteiger partial charge is 0.494 e. The Morgan fingerprint density at radius 1 is 1.13 bits per heavy atom. The van der Waals surface area contributed by atoms with Crippen LogP contribution in [0.5, 0.6) is 5.75 Å². The molecule has 3 rings (SSSR count). The number of hydrogen-bond acceptors (Lipinski definition) is 6. The molecule has 0 amide bonds. The minimum absolute atomic E-state index is 0.00820. The summed E-state index contributed by atoms with van der Waals surface area (Å²) in [5.74, 6) is -2.32. The molecular weight excluding hydrogens is 449 g/mol. The molecule has 0 aromatic heterocycles. The van der Waals surface area contributed by atoms with Crippen molar-refractivity contribution in [1.82, 2.24) is 4.31 Å². The Balaban J connectivity index is 1.52. The van der Waals surface area contributed by atoms with Crippen molar-refractivity contribution in [1.29, 1.82) is 0 Å². The van der Waals surface area contributed by atoms with Gasteiger partial charge < -0.3 is 9.47 Å². The predicted molar refractivity (Wildman–Crippen MR) is 111 cm³/mol. The van der Waals surface area contributed by atoms with Gasteiger partial charge in [0.25, 0.3) is 0 Å². The number of sulfonamides is 1. The molecule has 2 aromatic carbocycles. The van der Waals surface area contributed by atoms with Crippen molar-refractivity contribution in [3.63, 3.8) is 0 Å². The second-order valence-electron chi connectivity index (χ2n) is 7.01. The van der Waals surface area contributed by atoms with Crippen molar-refractivity contribution < 1.29 is 31.9 Å². The molecule has 0 radical (unpaired) electrons. The lowest BCUT2D eigenvalue weighted by Crippen LogP contribution is -2.40. The van der Waals surface area contributed by atoms with Gasteiger partial charge in [-0.05, 0) is 55.3 Å². The number of carbonyl (C=O) groups excluding carboxylic acids is 2. The molecule has 0 N–H and O–H groups in total. The number of Topliss-reactive ketones (excluding diaryl/α,β-unsaturated/α-hetero) is 1. The molecule has 0 saturated carbocycles. The summed E-state index contributed by atoms with van der Waals surface area (Å²) in [6.45, 7) is -0.210. The monoisotopic (exact) mass is 469 g/mol. The number of rotatable bonds is 7. The molecular formula is C21H21ClFNO6S. The maximum absolute atomic E-state index is 13.7. The smallest absolute Gasteiger partial charge is 0.309 e. The summed E-state index contributed by atoms with van der Waals surface area (Å²) in [5.41, 5.74) is 0.0648. The first-order valence-electron chi connectivity index (χ1n) is 9.51. The Bertz CT molecular complexity index is 1070. The van der Waals surface area contributed by atoms with Crippen LogP contribution in [-0.2, 0) is 19.6 Å². The molecule has 1 heterocycles. The highest BCUT2D eigenvalue weighted by Gasteiger charge is 2.33. The molecule has 31 heavy (non-hydrogen) atoms. The number of methoxy groups -OCH3 is 1. The van der Waals surface area contributed by atoms with Gasteiger partial charge in [0.2, 0.25) is 10.0 Å². The number of ketones is 1. The van der Waals surface area contributed by atoms with Gasteiger partial charge in [0.1, 0.15) is 0 Å². The van der Waals surface area contributed by atoms with E-state index in [4.69, 9.17) is 21.1 Å². The van der Waals surface area contributed by atoms with Gasteiger partial charge in [0, 0.05) is 23.7 Å². The third-order valence-corrected chi connectivity index (χ3v) is 7.22. The normalized spacial score (nSPS) is 15.5. The molecule has 1 saturated heterocycles. The minimum Gasteiger partial charge on any atom is -0.494 e. The molecule has 7 nitrogen and oxygen atoms in total. The second kappa shape index (κ2) is 9.76. The van der Waals surface area contributed by atoms with Gasteiger partial charge in [0.05, 0.1) is 17.9 Å². The molecule has 0 unspecified atom stereocenters. The average molecular weight is 470 g/mol. The first kappa shape index (κ1) is 23.2. The van der Waals surface area contributed by atoms with E-state index in [9.17, 15) is 22.4 Å².